The fourth-order valence-corrected chi connectivity index (χ4v) is 4.27. The Hall–Kier alpha value is -0.870. The predicted octanol–water partition coefficient (Wildman–Crippen LogP) is 2.17. The minimum atomic E-state index is -3.26. The van der Waals surface area contributed by atoms with Crippen molar-refractivity contribution < 1.29 is 8.42 Å². The molecule has 1 aromatic rings. The SMILES string of the molecule is Cc1cccc(S(=O)(=O)N2CCC3(CC3)C2)c1. The first-order chi connectivity index (χ1) is 8.02. The third-order valence-corrected chi connectivity index (χ3v) is 5.83. The van der Waals surface area contributed by atoms with Crippen LogP contribution in [0.4, 0.5) is 0 Å². The summed E-state index contributed by atoms with van der Waals surface area (Å²) in [7, 11) is -3.26. The molecule has 1 heterocycles. The summed E-state index contributed by atoms with van der Waals surface area (Å²) in [6.45, 7) is 3.34. The molecule has 2 fully saturated rings. The van der Waals surface area contributed by atoms with Gasteiger partial charge in [-0.2, -0.15) is 4.31 Å². The summed E-state index contributed by atoms with van der Waals surface area (Å²) in [6, 6.07) is 7.18. The highest BCUT2D eigenvalue weighted by molar-refractivity contribution is 7.89. The van der Waals surface area contributed by atoms with Gasteiger partial charge in [-0.3, -0.25) is 0 Å². The highest BCUT2D eigenvalue weighted by Gasteiger charge is 2.50. The van der Waals surface area contributed by atoms with Gasteiger partial charge in [0.15, 0.2) is 0 Å². The highest BCUT2D eigenvalue weighted by Crippen LogP contribution is 2.53. The summed E-state index contributed by atoms with van der Waals surface area (Å²) in [6.07, 6.45) is 3.44. The second kappa shape index (κ2) is 3.56. The van der Waals surface area contributed by atoms with Gasteiger partial charge in [0.2, 0.25) is 10.0 Å². The molecule has 2 aliphatic rings. The van der Waals surface area contributed by atoms with E-state index in [0.29, 0.717) is 16.9 Å². The van der Waals surface area contributed by atoms with E-state index in [-0.39, 0.29) is 0 Å². The Bertz CT molecular complexity index is 546. The van der Waals surface area contributed by atoms with Gasteiger partial charge in [-0.25, -0.2) is 8.42 Å². The Balaban J connectivity index is 1.91. The van der Waals surface area contributed by atoms with Crippen LogP contribution in [0, 0.1) is 12.3 Å². The van der Waals surface area contributed by atoms with E-state index in [0.717, 1.165) is 18.5 Å². The molecule has 0 aromatic heterocycles. The first-order valence-electron chi connectivity index (χ1n) is 6.09. The Morgan fingerprint density at radius 3 is 2.59 bits per heavy atom. The molecule has 0 unspecified atom stereocenters. The minimum Gasteiger partial charge on any atom is -0.207 e. The van der Waals surface area contributed by atoms with Crippen molar-refractivity contribution in [2.45, 2.75) is 31.1 Å². The Kier molecular flexibility index (Phi) is 2.35. The molecule has 3 rings (SSSR count). The fourth-order valence-electron chi connectivity index (χ4n) is 2.61. The first-order valence-corrected chi connectivity index (χ1v) is 7.53. The molecule has 1 aromatic carbocycles. The number of hydrogen-bond donors (Lipinski definition) is 0. The van der Waals surface area contributed by atoms with Gasteiger partial charge >= 0.3 is 0 Å². The Morgan fingerprint density at radius 1 is 1.24 bits per heavy atom. The topological polar surface area (TPSA) is 37.4 Å². The maximum absolute atomic E-state index is 12.4. The van der Waals surface area contributed by atoms with Crippen molar-refractivity contribution in [3.63, 3.8) is 0 Å². The zero-order valence-electron chi connectivity index (χ0n) is 10.0. The zero-order valence-corrected chi connectivity index (χ0v) is 10.8. The van der Waals surface area contributed by atoms with Gasteiger partial charge in [-0.1, -0.05) is 12.1 Å². The van der Waals surface area contributed by atoms with Crippen LogP contribution in [0.1, 0.15) is 24.8 Å². The third kappa shape index (κ3) is 1.89. The monoisotopic (exact) mass is 251 g/mol. The van der Waals surface area contributed by atoms with Crippen molar-refractivity contribution in [1.82, 2.24) is 4.31 Å². The van der Waals surface area contributed by atoms with Crippen LogP contribution >= 0.6 is 0 Å². The van der Waals surface area contributed by atoms with E-state index in [9.17, 15) is 8.42 Å². The average molecular weight is 251 g/mol. The molecule has 92 valence electrons. The lowest BCUT2D eigenvalue weighted by Gasteiger charge is -2.16. The van der Waals surface area contributed by atoms with Gasteiger partial charge < -0.3 is 0 Å². The molecule has 1 saturated heterocycles. The second-order valence-corrected chi connectivity index (χ2v) is 7.34. The number of rotatable bonds is 2. The maximum atomic E-state index is 12.4. The molecule has 0 radical (unpaired) electrons. The smallest absolute Gasteiger partial charge is 0.207 e. The lowest BCUT2D eigenvalue weighted by atomic mass is 10.1. The predicted molar refractivity (Wildman–Crippen MR) is 66.2 cm³/mol. The highest BCUT2D eigenvalue weighted by atomic mass is 32.2. The molecule has 1 aliphatic heterocycles. The van der Waals surface area contributed by atoms with Gasteiger partial charge in [-0.05, 0) is 49.3 Å². The van der Waals surface area contributed by atoms with Crippen LogP contribution in [0.5, 0.6) is 0 Å². The van der Waals surface area contributed by atoms with Gasteiger partial charge in [-0.15, -0.1) is 0 Å². The van der Waals surface area contributed by atoms with E-state index in [1.807, 2.05) is 19.1 Å². The number of benzene rings is 1. The maximum Gasteiger partial charge on any atom is 0.243 e. The number of aryl methyl sites for hydroxylation is 1. The molecule has 1 aliphatic carbocycles. The van der Waals surface area contributed by atoms with Crippen LogP contribution in [-0.4, -0.2) is 25.8 Å². The van der Waals surface area contributed by atoms with E-state index in [4.69, 9.17) is 0 Å². The molecule has 0 bridgehead atoms. The van der Waals surface area contributed by atoms with E-state index in [1.165, 1.54) is 12.8 Å². The van der Waals surface area contributed by atoms with Gasteiger partial charge in [0.25, 0.3) is 0 Å². The van der Waals surface area contributed by atoms with Crippen molar-refractivity contribution in [3.8, 4) is 0 Å². The van der Waals surface area contributed by atoms with Crippen LogP contribution in [0.3, 0.4) is 0 Å². The second-order valence-electron chi connectivity index (χ2n) is 5.41. The lowest BCUT2D eigenvalue weighted by molar-refractivity contribution is 0.451. The molecule has 0 N–H and O–H groups in total. The molecule has 1 saturated carbocycles. The summed E-state index contributed by atoms with van der Waals surface area (Å²) < 4.78 is 26.5. The van der Waals surface area contributed by atoms with Crippen LogP contribution in [-0.2, 0) is 10.0 Å². The molecular formula is C13H17NO2S. The molecule has 0 atom stereocenters. The standard InChI is InChI=1S/C13H17NO2S/c1-11-3-2-4-12(9-11)17(15,16)14-8-7-13(10-14)5-6-13/h2-4,9H,5-8,10H2,1H3. The molecule has 3 nitrogen and oxygen atoms in total. The fraction of sp³-hybridized carbons (Fsp3) is 0.538. The lowest BCUT2D eigenvalue weighted by Crippen LogP contribution is -2.29. The van der Waals surface area contributed by atoms with Crippen LogP contribution in [0.15, 0.2) is 29.2 Å². The first kappa shape index (κ1) is 11.2. The molecule has 4 heteroatoms. The molecular weight excluding hydrogens is 234 g/mol. The zero-order chi connectivity index (χ0) is 12.1. The number of hydrogen-bond acceptors (Lipinski definition) is 2. The average Bonchev–Trinajstić information content (AvgIpc) is 2.88. The Morgan fingerprint density at radius 2 is 2.00 bits per heavy atom. The van der Waals surface area contributed by atoms with E-state index in [2.05, 4.69) is 0 Å². The van der Waals surface area contributed by atoms with Gasteiger partial charge in [0.1, 0.15) is 0 Å². The summed E-state index contributed by atoms with van der Waals surface area (Å²) >= 11 is 0. The Labute approximate surface area is 102 Å². The van der Waals surface area contributed by atoms with E-state index in [1.54, 1.807) is 16.4 Å². The summed E-state index contributed by atoms with van der Waals surface area (Å²) in [4.78, 5) is 0.440. The molecule has 1 spiro atoms. The van der Waals surface area contributed by atoms with E-state index >= 15 is 0 Å². The van der Waals surface area contributed by atoms with Crippen molar-refractivity contribution >= 4 is 10.0 Å². The van der Waals surface area contributed by atoms with Crippen molar-refractivity contribution in [2.75, 3.05) is 13.1 Å². The van der Waals surface area contributed by atoms with Crippen LogP contribution < -0.4 is 0 Å². The summed E-state index contributed by atoms with van der Waals surface area (Å²) in [5, 5.41) is 0. The normalized spacial score (nSPS) is 23.1. The molecule has 0 amide bonds. The summed E-state index contributed by atoms with van der Waals surface area (Å²) in [5.41, 5.74) is 1.34. The third-order valence-electron chi connectivity index (χ3n) is 3.99. The van der Waals surface area contributed by atoms with E-state index < -0.39 is 10.0 Å². The number of sulfonamides is 1. The van der Waals surface area contributed by atoms with Crippen LogP contribution in [0.25, 0.3) is 0 Å². The van der Waals surface area contributed by atoms with Crippen molar-refractivity contribution in [2.24, 2.45) is 5.41 Å². The van der Waals surface area contributed by atoms with Crippen LogP contribution in [0.2, 0.25) is 0 Å². The molecule has 17 heavy (non-hydrogen) atoms. The summed E-state index contributed by atoms with van der Waals surface area (Å²) in [5.74, 6) is 0. The van der Waals surface area contributed by atoms with Gasteiger partial charge in [0.05, 0.1) is 4.90 Å². The van der Waals surface area contributed by atoms with Crippen molar-refractivity contribution in [1.29, 1.82) is 0 Å². The largest absolute Gasteiger partial charge is 0.243 e. The minimum absolute atomic E-state index is 0.344. The van der Waals surface area contributed by atoms with Crippen molar-refractivity contribution in [3.05, 3.63) is 29.8 Å². The quantitative estimate of drug-likeness (QED) is 0.808. The van der Waals surface area contributed by atoms with Gasteiger partial charge in [0, 0.05) is 13.1 Å². The number of nitrogens with zero attached hydrogens (tertiary/aromatic N) is 1.